The largest absolute Gasteiger partial charge is 0.496 e. The summed E-state index contributed by atoms with van der Waals surface area (Å²) >= 11 is 0. The summed E-state index contributed by atoms with van der Waals surface area (Å²) in [6.45, 7) is 2.14. The highest BCUT2D eigenvalue weighted by atomic mass is 16.5. The third kappa shape index (κ3) is 3.51. The van der Waals surface area contributed by atoms with Crippen LogP contribution < -0.4 is 10.1 Å². The van der Waals surface area contributed by atoms with Crippen molar-refractivity contribution in [2.45, 2.75) is 39.2 Å². The lowest BCUT2D eigenvalue weighted by molar-refractivity contribution is -0.121. The van der Waals surface area contributed by atoms with Crippen molar-refractivity contribution < 1.29 is 14.6 Å². The number of carbonyl (C=O) groups excluding carboxylic acids is 1. The highest BCUT2D eigenvalue weighted by Gasteiger charge is 2.24. The SMILES string of the molecule is COc1ccc(NC(=O)C2CCC(C)CC2)cc1CO. The van der Waals surface area contributed by atoms with Crippen molar-refractivity contribution in [1.82, 2.24) is 0 Å². The van der Waals surface area contributed by atoms with Crippen LogP contribution in [0.1, 0.15) is 38.2 Å². The van der Waals surface area contributed by atoms with Crippen LogP contribution in [0.2, 0.25) is 0 Å². The summed E-state index contributed by atoms with van der Waals surface area (Å²) in [6.07, 6.45) is 4.19. The first-order valence-corrected chi connectivity index (χ1v) is 7.22. The number of amides is 1. The Morgan fingerprint density at radius 2 is 2.05 bits per heavy atom. The van der Waals surface area contributed by atoms with Crippen molar-refractivity contribution in [1.29, 1.82) is 0 Å². The molecule has 110 valence electrons. The fourth-order valence-electron chi connectivity index (χ4n) is 2.75. The molecule has 0 bridgehead atoms. The van der Waals surface area contributed by atoms with E-state index in [0.29, 0.717) is 11.3 Å². The lowest BCUT2D eigenvalue weighted by Crippen LogP contribution is -2.26. The number of carbonyl (C=O) groups is 1. The number of anilines is 1. The number of rotatable bonds is 4. The van der Waals surface area contributed by atoms with Crippen LogP contribution in [0.3, 0.4) is 0 Å². The van der Waals surface area contributed by atoms with E-state index in [1.54, 1.807) is 25.3 Å². The summed E-state index contributed by atoms with van der Waals surface area (Å²) in [7, 11) is 1.57. The molecule has 0 aliphatic heterocycles. The molecule has 0 heterocycles. The molecule has 1 fully saturated rings. The van der Waals surface area contributed by atoms with Gasteiger partial charge in [-0.2, -0.15) is 0 Å². The predicted octanol–water partition coefficient (Wildman–Crippen LogP) is 2.95. The zero-order valence-electron chi connectivity index (χ0n) is 12.2. The van der Waals surface area contributed by atoms with Gasteiger partial charge >= 0.3 is 0 Å². The van der Waals surface area contributed by atoms with Gasteiger partial charge in [-0.1, -0.05) is 6.92 Å². The molecule has 2 N–H and O–H groups in total. The van der Waals surface area contributed by atoms with Gasteiger partial charge in [0.2, 0.25) is 5.91 Å². The molecule has 0 unspecified atom stereocenters. The van der Waals surface area contributed by atoms with E-state index < -0.39 is 0 Å². The van der Waals surface area contributed by atoms with Gasteiger partial charge in [0.15, 0.2) is 0 Å². The van der Waals surface area contributed by atoms with Crippen molar-refractivity contribution >= 4 is 11.6 Å². The van der Waals surface area contributed by atoms with E-state index in [2.05, 4.69) is 12.2 Å². The Balaban J connectivity index is 2.00. The molecule has 0 spiro atoms. The maximum atomic E-state index is 12.2. The Morgan fingerprint density at radius 1 is 1.35 bits per heavy atom. The highest BCUT2D eigenvalue weighted by molar-refractivity contribution is 5.92. The molecule has 0 aromatic heterocycles. The van der Waals surface area contributed by atoms with E-state index in [-0.39, 0.29) is 18.4 Å². The molecule has 1 aliphatic carbocycles. The average molecular weight is 277 g/mol. The smallest absolute Gasteiger partial charge is 0.227 e. The topological polar surface area (TPSA) is 58.6 Å². The van der Waals surface area contributed by atoms with Crippen LogP contribution >= 0.6 is 0 Å². The third-order valence-electron chi connectivity index (χ3n) is 4.10. The monoisotopic (exact) mass is 277 g/mol. The second-order valence-corrected chi connectivity index (χ2v) is 5.63. The molecule has 1 amide bonds. The van der Waals surface area contributed by atoms with Crippen molar-refractivity contribution in [2.75, 3.05) is 12.4 Å². The third-order valence-corrected chi connectivity index (χ3v) is 4.10. The van der Waals surface area contributed by atoms with Crippen molar-refractivity contribution in [3.8, 4) is 5.75 Å². The maximum absolute atomic E-state index is 12.2. The molecule has 1 aromatic rings. The van der Waals surface area contributed by atoms with E-state index in [9.17, 15) is 9.90 Å². The molecular weight excluding hydrogens is 254 g/mol. The molecule has 4 nitrogen and oxygen atoms in total. The van der Waals surface area contributed by atoms with Crippen LogP contribution in [0.25, 0.3) is 0 Å². The molecule has 1 aromatic carbocycles. The summed E-state index contributed by atoms with van der Waals surface area (Å²) in [6, 6.07) is 5.34. The van der Waals surface area contributed by atoms with Gasteiger partial charge in [-0.05, 0) is 49.8 Å². The summed E-state index contributed by atoms with van der Waals surface area (Å²) in [4.78, 5) is 12.2. The number of ether oxygens (including phenoxy) is 1. The van der Waals surface area contributed by atoms with Gasteiger partial charge in [0.05, 0.1) is 13.7 Å². The normalized spacial score (nSPS) is 22.4. The predicted molar refractivity (Wildman–Crippen MR) is 78.7 cm³/mol. The Hall–Kier alpha value is -1.55. The minimum Gasteiger partial charge on any atom is -0.496 e. The van der Waals surface area contributed by atoms with Gasteiger partial charge in [-0.25, -0.2) is 0 Å². The minimum absolute atomic E-state index is 0.0888. The van der Waals surface area contributed by atoms with Gasteiger partial charge < -0.3 is 15.2 Å². The number of aliphatic hydroxyl groups is 1. The molecule has 4 heteroatoms. The molecule has 0 saturated heterocycles. The summed E-state index contributed by atoms with van der Waals surface area (Å²) in [5.41, 5.74) is 1.40. The molecule has 0 atom stereocenters. The van der Waals surface area contributed by atoms with Crippen molar-refractivity contribution in [3.63, 3.8) is 0 Å². The van der Waals surface area contributed by atoms with Gasteiger partial charge in [0.1, 0.15) is 5.75 Å². The van der Waals surface area contributed by atoms with Crippen LogP contribution in [-0.2, 0) is 11.4 Å². The van der Waals surface area contributed by atoms with E-state index in [1.165, 1.54) is 0 Å². The molecule has 0 radical (unpaired) electrons. The molecular formula is C16H23NO3. The Kier molecular flexibility index (Phi) is 5.01. The quantitative estimate of drug-likeness (QED) is 0.889. The fourth-order valence-corrected chi connectivity index (χ4v) is 2.75. The summed E-state index contributed by atoms with van der Waals surface area (Å²) in [5, 5.41) is 12.2. The Bertz CT molecular complexity index is 465. The van der Waals surface area contributed by atoms with Crippen LogP contribution in [0.4, 0.5) is 5.69 Å². The second kappa shape index (κ2) is 6.75. The zero-order chi connectivity index (χ0) is 14.5. The highest BCUT2D eigenvalue weighted by Crippen LogP contribution is 2.29. The number of aliphatic hydroxyl groups excluding tert-OH is 1. The first kappa shape index (κ1) is 14.9. The molecule has 1 aliphatic rings. The standard InChI is InChI=1S/C16H23NO3/c1-11-3-5-12(6-4-11)16(19)17-14-7-8-15(20-2)13(9-14)10-18/h7-9,11-12,18H,3-6,10H2,1-2H3,(H,17,19). The number of methoxy groups -OCH3 is 1. The molecule has 20 heavy (non-hydrogen) atoms. The lowest BCUT2D eigenvalue weighted by atomic mass is 9.82. The zero-order valence-corrected chi connectivity index (χ0v) is 12.2. The van der Waals surface area contributed by atoms with Crippen LogP contribution in [-0.4, -0.2) is 18.1 Å². The number of nitrogens with one attached hydrogen (secondary N) is 1. The Labute approximate surface area is 120 Å². The van der Waals surface area contributed by atoms with Gasteiger partial charge in [-0.3, -0.25) is 4.79 Å². The number of hydrogen-bond donors (Lipinski definition) is 2. The van der Waals surface area contributed by atoms with E-state index in [1.807, 2.05) is 0 Å². The van der Waals surface area contributed by atoms with Crippen LogP contribution in [0, 0.1) is 11.8 Å². The van der Waals surface area contributed by atoms with Gasteiger partial charge in [-0.15, -0.1) is 0 Å². The van der Waals surface area contributed by atoms with Gasteiger partial charge in [0.25, 0.3) is 0 Å². The molecule has 2 rings (SSSR count). The molecule has 1 saturated carbocycles. The summed E-state index contributed by atoms with van der Waals surface area (Å²) < 4.78 is 5.15. The fraction of sp³-hybridized carbons (Fsp3) is 0.562. The maximum Gasteiger partial charge on any atom is 0.227 e. The lowest BCUT2D eigenvalue weighted by Gasteiger charge is -2.25. The first-order chi connectivity index (χ1) is 9.63. The van der Waals surface area contributed by atoms with Crippen LogP contribution in [0.5, 0.6) is 5.75 Å². The van der Waals surface area contributed by atoms with Gasteiger partial charge in [0, 0.05) is 17.2 Å². The second-order valence-electron chi connectivity index (χ2n) is 5.63. The first-order valence-electron chi connectivity index (χ1n) is 7.22. The van der Waals surface area contributed by atoms with E-state index >= 15 is 0 Å². The number of benzene rings is 1. The van der Waals surface area contributed by atoms with Crippen molar-refractivity contribution in [3.05, 3.63) is 23.8 Å². The Morgan fingerprint density at radius 3 is 2.65 bits per heavy atom. The van der Waals surface area contributed by atoms with Crippen molar-refractivity contribution in [2.24, 2.45) is 11.8 Å². The van der Waals surface area contributed by atoms with E-state index in [0.717, 1.165) is 37.3 Å². The van der Waals surface area contributed by atoms with E-state index in [4.69, 9.17) is 4.74 Å². The minimum atomic E-state index is -0.103. The van der Waals surface area contributed by atoms with Crippen LogP contribution in [0.15, 0.2) is 18.2 Å². The summed E-state index contributed by atoms with van der Waals surface area (Å²) in [5.74, 6) is 1.58. The number of hydrogen-bond acceptors (Lipinski definition) is 3. The average Bonchev–Trinajstić information content (AvgIpc) is 2.47.